The van der Waals surface area contributed by atoms with Crippen LogP contribution < -0.4 is 16.6 Å². The van der Waals surface area contributed by atoms with Crippen molar-refractivity contribution in [3.63, 3.8) is 0 Å². The third kappa shape index (κ3) is 10.2. The second-order valence-corrected chi connectivity index (χ2v) is 12.8. The maximum absolute atomic E-state index is 10.8. The number of phosphoric acid groups is 1. The summed E-state index contributed by atoms with van der Waals surface area (Å²) in [6, 6.07) is 4.30. The molecule has 0 radical (unpaired) electrons. The molecular formula is C24H31N11O13P2. The number of H-pyrrole nitrogens is 1. The smallest absolute Gasteiger partial charge is 0.469 e. The average Bonchev–Trinajstić information content (AvgIpc) is 3.76. The number of ether oxygens (including phenoxy) is 1. The Hall–Kier alpha value is -4.71. The standard InChI is InChI=1S/C10H14N5O7P.C9H12NO6P.C5H5N5/c11-8-5-9(13-2-12-8)15(3-14-5)10-7(17)6(16)4(22-10)1-21-23(18,19)20;11-7-3-1-6(2-4-7)5-8(9(12)13)10-17(14,15)16;6-4-3-5(9-1-7-3)10-2-8-4/h2-4,6-7,10,16-17H,1H2,(H2,11,12,13)(H2,18,19,20);1-4,8,11H,5H2,(H,12,13)(H3,10,14,15,16);1-2H,(H3,6,7,8,9,10)/t4-,6-,7-,10-;;/m1../s1. The number of fused-ring (bicyclic) bond motifs is 2. The first-order valence-corrected chi connectivity index (χ1v) is 17.0. The molecule has 0 spiro atoms. The Kier molecular flexibility index (Phi) is 12.1. The number of rotatable bonds is 9. The summed E-state index contributed by atoms with van der Waals surface area (Å²) >= 11 is 0. The first-order chi connectivity index (χ1) is 23.4. The van der Waals surface area contributed by atoms with Gasteiger partial charge in [0, 0.05) is 0 Å². The third-order valence-electron chi connectivity index (χ3n) is 6.65. The minimum Gasteiger partial charge on any atom is -0.508 e. The number of aliphatic carboxylic acids is 1. The maximum atomic E-state index is 10.8. The van der Waals surface area contributed by atoms with Crippen molar-refractivity contribution in [1.82, 2.24) is 44.5 Å². The normalized spacial score (nSPS) is 19.7. The van der Waals surface area contributed by atoms with E-state index < -0.39 is 58.7 Å². The Morgan fingerprint density at radius 2 is 1.60 bits per heavy atom. The second kappa shape index (κ2) is 15.9. The number of hydrogen-bond donors (Lipinski definition) is 12. The summed E-state index contributed by atoms with van der Waals surface area (Å²) in [6.07, 6.45) is 0.350. The Balaban J connectivity index is 0.000000182. The SMILES string of the molecule is Nc1ncnc2[nH]cnc12.Nc1ncnc2c1ncn2[C@@H]1O[C@H](COP(=O)(O)O)[C@@H](O)[C@H]1O.O=C(O)C(Cc1ccc(O)cc1)NP(=O)(O)O. The average molecular weight is 744 g/mol. The van der Waals surface area contributed by atoms with E-state index in [0.717, 1.165) is 0 Å². The van der Waals surface area contributed by atoms with Crippen LogP contribution in [-0.4, -0.2) is 116 Å². The van der Waals surface area contributed by atoms with Crippen LogP contribution in [0.2, 0.25) is 0 Å². The largest absolute Gasteiger partial charge is 0.508 e. The highest BCUT2D eigenvalue weighted by molar-refractivity contribution is 7.49. The highest BCUT2D eigenvalue weighted by Gasteiger charge is 2.45. The number of nitrogen functional groups attached to an aromatic ring is 2. The number of phenolic OH excluding ortho intramolecular Hbond substituents is 1. The molecule has 1 fully saturated rings. The van der Waals surface area contributed by atoms with Crippen LogP contribution in [0.25, 0.3) is 22.3 Å². The van der Waals surface area contributed by atoms with Crippen LogP contribution in [0.15, 0.2) is 49.6 Å². The van der Waals surface area contributed by atoms with Crippen molar-refractivity contribution in [3.8, 4) is 5.75 Å². The lowest BCUT2D eigenvalue weighted by atomic mass is 10.1. The summed E-state index contributed by atoms with van der Waals surface area (Å²) in [5.41, 5.74) is 13.6. The number of nitrogens with two attached hydrogens (primary N) is 2. The fraction of sp³-hybridized carbons (Fsp3) is 0.292. The summed E-state index contributed by atoms with van der Waals surface area (Å²) in [7, 11) is -9.32. The van der Waals surface area contributed by atoms with E-state index in [4.69, 9.17) is 46.0 Å². The van der Waals surface area contributed by atoms with E-state index in [-0.39, 0.29) is 23.6 Å². The van der Waals surface area contributed by atoms with Gasteiger partial charge in [0.2, 0.25) is 0 Å². The monoisotopic (exact) mass is 743 g/mol. The summed E-state index contributed by atoms with van der Waals surface area (Å²) in [4.78, 5) is 71.7. The molecule has 14 N–H and O–H groups in total. The number of hydrogen-bond acceptors (Lipinski definition) is 16. The fourth-order valence-electron chi connectivity index (χ4n) is 4.37. The van der Waals surface area contributed by atoms with E-state index in [2.05, 4.69) is 39.4 Å². The Bertz CT molecular complexity index is 2000. The molecule has 0 bridgehead atoms. The van der Waals surface area contributed by atoms with Gasteiger partial charge in [0.1, 0.15) is 53.8 Å². The van der Waals surface area contributed by atoms with Gasteiger partial charge >= 0.3 is 21.5 Å². The minimum atomic E-state index is -4.72. The van der Waals surface area contributed by atoms with Crippen LogP contribution in [0.3, 0.4) is 0 Å². The van der Waals surface area contributed by atoms with Crippen molar-refractivity contribution in [1.29, 1.82) is 0 Å². The fourth-order valence-corrected chi connectivity index (χ4v) is 5.31. The number of carboxylic acid groups (broad SMARTS) is 1. The molecule has 4 aromatic heterocycles. The van der Waals surface area contributed by atoms with Crippen LogP contribution >= 0.6 is 15.6 Å². The number of benzene rings is 1. The van der Waals surface area contributed by atoms with Gasteiger partial charge in [-0.3, -0.25) is 13.9 Å². The molecule has 1 aromatic carbocycles. The lowest BCUT2D eigenvalue weighted by Gasteiger charge is -2.16. The number of aromatic nitrogens is 8. The van der Waals surface area contributed by atoms with Gasteiger partial charge in [0.05, 0.1) is 19.3 Å². The predicted molar refractivity (Wildman–Crippen MR) is 168 cm³/mol. The number of aromatic amines is 1. The molecule has 24 nitrogen and oxygen atoms in total. The predicted octanol–water partition coefficient (Wildman–Crippen LogP) is -1.86. The molecule has 6 rings (SSSR count). The third-order valence-corrected chi connectivity index (χ3v) is 7.78. The first-order valence-electron chi connectivity index (χ1n) is 13.8. The van der Waals surface area contributed by atoms with Crippen LogP contribution in [0.4, 0.5) is 11.6 Å². The zero-order valence-corrected chi connectivity index (χ0v) is 27.0. The van der Waals surface area contributed by atoms with Gasteiger partial charge in [0.25, 0.3) is 0 Å². The molecule has 26 heteroatoms. The molecule has 5 aromatic rings. The Morgan fingerprint density at radius 3 is 2.20 bits per heavy atom. The highest BCUT2D eigenvalue weighted by atomic mass is 31.2. The molecule has 0 amide bonds. The van der Waals surface area contributed by atoms with Gasteiger partial charge in [-0.05, 0) is 24.1 Å². The molecule has 5 atom stereocenters. The summed E-state index contributed by atoms with van der Waals surface area (Å²) in [5, 5.41) is 39.6. The van der Waals surface area contributed by atoms with Crippen molar-refractivity contribution < 1.29 is 63.2 Å². The van der Waals surface area contributed by atoms with E-state index in [1.54, 1.807) is 5.09 Å². The maximum Gasteiger partial charge on any atom is 0.469 e. The summed E-state index contributed by atoms with van der Waals surface area (Å²) < 4.78 is 32.5. The number of carboxylic acids is 1. The number of aliphatic hydroxyl groups excluding tert-OH is 2. The van der Waals surface area contributed by atoms with Crippen molar-refractivity contribution in [2.75, 3.05) is 18.1 Å². The molecule has 270 valence electrons. The molecule has 0 saturated carbocycles. The lowest BCUT2D eigenvalue weighted by Crippen LogP contribution is -2.36. The van der Waals surface area contributed by atoms with Crippen molar-refractivity contribution >= 4 is 55.5 Å². The molecule has 1 aliphatic heterocycles. The van der Waals surface area contributed by atoms with Gasteiger partial charge in [0.15, 0.2) is 29.2 Å². The topological polar surface area (TPSA) is 394 Å². The van der Waals surface area contributed by atoms with Gasteiger partial charge in [-0.2, -0.15) is 0 Å². The zero-order chi connectivity index (χ0) is 36.8. The summed E-state index contributed by atoms with van der Waals surface area (Å²) in [5.74, 6) is -0.778. The van der Waals surface area contributed by atoms with E-state index in [1.807, 2.05) is 0 Å². The molecule has 1 unspecified atom stereocenters. The van der Waals surface area contributed by atoms with Gasteiger partial charge < -0.3 is 61.2 Å². The van der Waals surface area contributed by atoms with E-state index in [0.29, 0.717) is 28.1 Å². The van der Waals surface area contributed by atoms with Crippen molar-refractivity contribution in [2.45, 2.75) is 37.0 Å². The highest BCUT2D eigenvalue weighted by Crippen LogP contribution is 2.39. The second-order valence-electron chi connectivity index (χ2n) is 10.2. The molecule has 5 heterocycles. The van der Waals surface area contributed by atoms with Gasteiger partial charge in [-0.15, -0.1) is 0 Å². The molecule has 50 heavy (non-hydrogen) atoms. The number of aliphatic hydroxyl groups is 2. The molecular weight excluding hydrogens is 712 g/mol. The van der Waals surface area contributed by atoms with Crippen molar-refractivity contribution in [2.24, 2.45) is 0 Å². The van der Waals surface area contributed by atoms with E-state index in [1.165, 1.54) is 54.1 Å². The number of phosphoric ester groups is 1. The number of phenols is 1. The molecule has 1 aliphatic rings. The number of carbonyl (C=O) groups is 1. The summed E-state index contributed by atoms with van der Waals surface area (Å²) in [6.45, 7) is -0.594. The first kappa shape index (κ1) is 38.1. The number of aromatic hydroxyl groups is 1. The van der Waals surface area contributed by atoms with E-state index in [9.17, 15) is 24.1 Å². The quantitative estimate of drug-likeness (QED) is 0.0736. The van der Waals surface area contributed by atoms with Crippen molar-refractivity contribution in [3.05, 3.63) is 55.1 Å². The van der Waals surface area contributed by atoms with E-state index >= 15 is 0 Å². The number of nitrogens with one attached hydrogen (secondary N) is 2. The Morgan fingerprint density at radius 1 is 0.960 bits per heavy atom. The number of nitrogens with zero attached hydrogens (tertiary/aromatic N) is 7. The lowest BCUT2D eigenvalue weighted by molar-refractivity contribution is -0.139. The molecule has 0 aliphatic carbocycles. The minimum absolute atomic E-state index is 0.0311. The van der Waals surface area contributed by atoms with Crippen LogP contribution in [0.1, 0.15) is 11.8 Å². The van der Waals surface area contributed by atoms with Crippen LogP contribution in [0.5, 0.6) is 5.75 Å². The van der Waals surface area contributed by atoms with Gasteiger partial charge in [-0.25, -0.2) is 44.1 Å². The number of imidazole rings is 2. The number of anilines is 2. The van der Waals surface area contributed by atoms with Crippen LogP contribution in [-0.2, 0) is 29.6 Å². The van der Waals surface area contributed by atoms with Gasteiger partial charge in [-0.1, -0.05) is 12.1 Å². The molecule has 1 saturated heterocycles. The van der Waals surface area contributed by atoms with Crippen LogP contribution in [0, 0.1) is 0 Å². The Labute approximate surface area is 279 Å². The zero-order valence-electron chi connectivity index (χ0n) is 25.2.